The van der Waals surface area contributed by atoms with Crippen LogP contribution in [0.3, 0.4) is 0 Å². The van der Waals surface area contributed by atoms with E-state index >= 15 is 0 Å². The molecule has 10 heavy (non-hydrogen) atoms. The molecule has 0 radical (unpaired) electrons. The SMILES string of the molecule is CCCC1=CCC2C(C)=C12. The molecule has 0 aromatic rings. The fraction of sp³-hybridized carbons (Fsp3) is 0.600. The largest absolute Gasteiger partial charge is 0.0801 e. The summed E-state index contributed by atoms with van der Waals surface area (Å²) >= 11 is 0. The van der Waals surface area contributed by atoms with Crippen molar-refractivity contribution in [2.45, 2.75) is 33.1 Å². The maximum absolute atomic E-state index is 2.43. The molecule has 0 fully saturated rings. The molecule has 2 aliphatic rings. The molecule has 54 valence electrons. The van der Waals surface area contributed by atoms with Gasteiger partial charge in [-0.1, -0.05) is 25.0 Å². The Bertz CT molecular complexity index is 218. The summed E-state index contributed by atoms with van der Waals surface area (Å²) in [6.45, 7) is 4.54. The minimum absolute atomic E-state index is 0.904. The van der Waals surface area contributed by atoms with Crippen molar-refractivity contribution in [3.05, 3.63) is 22.8 Å². The summed E-state index contributed by atoms with van der Waals surface area (Å²) in [6, 6.07) is 0. The van der Waals surface area contributed by atoms with Gasteiger partial charge < -0.3 is 0 Å². The van der Waals surface area contributed by atoms with Crippen molar-refractivity contribution in [3.63, 3.8) is 0 Å². The normalized spacial score (nSPS) is 28.6. The Labute approximate surface area is 62.6 Å². The lowest BCUT2D eigenvalue weighted by Gasteiger charge is -1.94. The molecule has 0 amide bonds. The first-order chi connectivity index (χ1) is 4.84. The molecule has 1 unspecified atom stereocenters. The fourth-order valence-corrected chi connectivity index (χ4v) is 2.04. The van der Waals surface area contributed by atoms with Crippen molar-refractivity contribution in [2.24, 2.45) is 5.92 Å². The highest BCUT2D eigenvalue weighted by atomic mass is 14.4. The van der Waals surface area contributed by atoms with Gasteiger partial charge in [-0.25, -0.2) is 0 Å². The van der Waals surface area contributed by atoms with E-state index in [1.165, 1.54) is 19.3 Å². The van der Waals surface area contributed by atoms with Crippen LogP contribution in [0.4, 0.5) is 0 Å². The Balaban J connectivity index is 2.10. The van der Waals surface area contributed by atoms with Crippen LogP contribution in [0, 0.1) is 5.92 Å². The van der Waals surface area contributed by atoms with Gasteiger partial charge in [0, 0.05) is 5.92 Å². The molecule has 0 saturated carbocycles. The number of allylic oxidation sites excluding steroid dienone is 4. The van der Waals surface area contributed by atoms with Crippen molar-refractivity contribution in [3.8, 4) is 0 Å². The minimum atomic E-state index is 0.904. The second-order valence-corrected chi connectivity index (χ2v) is 3.36. The van der Waals surface area contributed by atoms with Gasteiger partial charge in [-0.3, -0.25) is 0 Å². The zero-order chi connectivity index (χ0) is 7.14. The smallest absolute Gasteiger partial charge is 0.00885 e. The van der Waals surface area contributed by atoms with Crippen molar-refractivity contribution >= 4 is 0 Å². The number of rotatable bonds is 2. The molecule has 0 heterocycles. The van der Waals surface area contributed by atoms with Crippen LogP contribution >= 0.6 is 0 Å². The first-order valence-electron chi connectivity index (χ1n) is 4.24. The number of hydrogen-bond acceptors (Lipinski definition) is 0. The number of hydrogen-bond donors (Lipinski definition) is 0. The van der Waals surface area contributed by atoms with Crippen molar-refractivity contribution in [2.75, 3.05) is 0 Å². The second-order valence-electron chi connectivity index (χ2n) is 3.36. The van der Waals surface area contributed by atoms with Gasteiger partial charge in [0.2, 0.25) is 0 Å². The zero-order valence-electron chi connectivity index (χ0n) is 6.78. The van der Waals surface area contributed by atoms with E-state index in [0.29, 0.717) is 0 Å². The molecule has 0 aromatic carbocycles. The lowest BCUT2D eigenvalue weighted by molar-refractivity contribution is 0.909. The first kappa shape index (κ1) is 6.21. The third-order valence-corrected chi connectivity index (χ3v) is 2.68. The monoisotopic (exact) mass is 134 g/mol. The minimum Gasteiger partial charge on any atom is -0.0801 e. The summed E-state index contributed by atoms with van der Waals surface area (Å²) in [5.41, 5.74) is 5.04. The highest BCUT2D eigenvalue weighted by Crippen LogP contribution is 2.52. The Morgan fingerprint density at radius 1 is 1.60 bits per heavy atom. The lowest BCUT2D eigenvalue weighted by Crippen LogP contribution is -1.74. The van der Waals surface area contributed by atoms with Crippen LogP contribution in [0.2, 0.25) is 0 Å². The van der Waals surface area contributed by atoms with E-state index in [0.717, 1.165) is 5.92 Å². The summed E-state index contributed by atoms with van der Waals surface area (Å²) in [4.78, 5) is 0. The highest BCUT2D eigenvalue weighted by Gasteiger charge is 2.37. The molecular formula is C10H14. The lowest BCUT2D eigenvalue weighted by atomic mass is 10.1. The number of fused-ring (bicyclic) bond motifs is 1. The molecule has 2 aliphatic carbocycles. The van der Waals surface area contributed by atoms with Crippen LogP contribution in [0.15, 0.2) is 22.8 Å². The van der Waals surface area contributed by atoms with Crippen LogP contribution in [0.5, 0.6) is 0 Å². The molecule has 0 nitrogen and oxygen atoms in total. The van der Waals surface area contributed by atoms with Gasteiger partial charge in [0.05, 0.1) is 0 Å². The Hall–Kier alpha value is -0.520. The molecule has 0 N–H and O–H groups in total. The van der Waals surface area contributed by atoms with Crippen LogP contribution in [0.25, 0.3) is 0 Å². The van der Waals surface area contributed by atoms with Crippen molar-refractivity contribution in [1.82, 2.24) is 0 Å². The predicted molar refractivity (Wildman–Crippen MR) is 43.8 cm³/mol. The van der Waals surface area contributed by atoms with E-state index < -0.39 is 0 Å². The van der Waals surface area contributed by atoms with E-state index in [9.17, 15) is 0 Å². The van der Waals surface area contributed by atoms with Crippen LogP contribution in [-0.2, 0) is 0 Å². The van der Waals surface area contributed by atoms with E-state index in [-0.39, 0.29) is 0 Å². The molecule has 1 atom stereocenters. The van der Waals surface area contributed by atoms with Gasteiger partial charge >= 0.3 is 0 Å². The molecule has 0 saturated heterocycles. The maximum Gasteiger partial charge on any atom is 0.00885 e. The van der Waals surface area contributed by atoms with E-state index in [1.807, 2.05) is 0 Å². The summed E-state index contributed by atoms with van der Waals surface area (Å²) in [5.74, 6) is 0.904. The maximum atomic E-state index is 2.43. The topological polar surface area (TPSA) is 0 Å². The van der Waals surface area contributed by atoms with Crippen molar-refractivity contribution < 1.29 is 0 Å². The van der Waals surface area contributed by atoms with Gasteiger partial charge in [0.25, 0.3) is 0 Å². The van der Waals surface area contributed by atoms with E-state index in [1.54, 1.807) is 16.7 Å². The molecule has 0 bridgehead atoms. The third-order valence-electron chi connectivity index (χ3n) is 2.68. The van der Waals surface area contributed by atoms with Gasteiger partial charge in [-0.2, -0.15) is 0 Å². The summed E-state index contributed by atoms with van der Waals surface area (Å²) in [6.07, 6.45) is 6.35. The Kier molecular flexibility index (Phi) is 1.23. The molecule has 0 aliphatic heterocycles. The molecular weight excluding hydrogens is 120 g/mol. The van der Waals surface area contributed by atoms with Crippen LogP contribution in [-0.4, -0.2) is 0 Å². The quantitative estimate of drug-likeness (QED) is 0.544. The van der Waals surface area contributed by atoms with Gasteiger partial charge in [0.15, 0.2) is 0 Å². The fourth-order valence-electron chi connectivity index (χ4n) is 2.04. The van der Waals surface area contributed by atoms with Gasteiger partial charge in [0.1, 0.15) is 0 Å². The summed E-state index contributed by atoms with van der Waals surface area (Å²) in [7, 11) is 0. The molecule has 0 aromatic heterocycles. The molecule has 0 spiro atoms. The van der Waals surface area contributed by atoms with E-state index in [2.05, 4.69) is 19.9 Å². The molecule has 0 heteroatoms. The van der Waals surface area contributed by atoms with E-state index in [4.69, 9.17) is 0 Å². The predicted octanol–water partition coefficient (Wildman–Crippen LogP) is 3.06. The van der Waals surface area contributed by atoms with Crippen molar-refractivity contribution in [1.29, 1.82) is 0 Å². The third kappa shape index (κ3) is 0.681. The first-order valence-corrected chi connectivity index (χ1v) is 4.24. The zero-order valence-corrected chi connectivity index (χ0v) is 6.78. The Morgan fingerprint density at radius 3 is 2.90 bits per heavy atom. The Morgan fingerprint density at radius 2 is 2.40 bits per heavy atom. The molecule has 2 rings (SSSR count). The standard InChI is InChI=1S/C10H14/c1-3-4-8-5-6-9-7(2)10(8)9/h5,9H,3-4,6H2,1-2H3. The van der Waals surface area contributed by atoms with Crippen LogP contribution in [0.1, 0.15) is 33.1 Å². The van der Waals surface area contributed by atoms with Gasteiger partial charge in [-0.15, -0.1) is 0 Å². The average molecular weight is 134 g/mol. The highest BCUT2D eigenvalue weighted by molar-refractivity contribution is 5.57. The average Bonchev–Trinajstić information content (AvgIpc) is 2.42. The summed E-state index contributed by atoms with van der Waals surface area (Å²) < 4.78 is 0. The summed E-state index contributed by atoms with van der Waals surface area (Å²) in [5, 5.41) is 0. The second kappa shape index (κ2) is 1.98. The van der Waals surface area contributed by atoms with Crippen LogP contribution < -0.4 is 0 Å². The van der Waals surface area contributed by atoms with Gasteiger partial charge in [-0.05, 0) is 30.9 Å².